The largest absolute Gasteiger partial charge is 0.286 e. The third-order valence-corrected chi connectivity index (χ3v) is 7.57. The molecule has 3 rings (SSSR count). The van der Waals surface area contributed by atoms with E-state index in [1.54, 1.807) is 5.80 Å². The minimum atomic E-state index is -2.10. The van der Waals surface area contributed by atoms with Gasteiger partial charge in [0.25, 0.3) is 0 Å². The van der Waals surface area contributed by atoms with Crippen LogP contribution in [0.2, 0.25) is 0 Å². The van der Waals surface area contributed by atoms with Crippen LogP contribution in [0.4, 0.5) is 0 Å². The average molecular weight is 303 g/mol. The first-order valence-electron chi connectivity index (χ1n) is 7.15. The van der Waals surface area contributed by atoms with E-state index in [1.807, 2.05) is 54.6 Å². The third kappa shape index (κ3) is 2.56. The van der Waals surface area contributed by atoms with Crippen LogP contribution in [0.3, 0.4) is 0 Å². The summed E-state index contributed by atoms with van der Waals surface area (Å²) >= 11 is 0. The van der Waals surface area contributed by atoms with Gasteiger partial charge in [-0.15, -0.1) is 0 Å². The van der Waals surface area contributed by atoms with Crippen LogP contribution in [0.5, 0.6) is 0 Å². The highest BCUT2D eigenvalue weighted by molar-refractivity contribution is 7.95. The number of hydrogen-bond donors (Lipinski definition) is 0. The molecule has 3 aromatic carbocycles. The first kappa shape index (κ1) is 14.6. The van der Waals surface area contributed by atoms with Crippen LogP contribution in [0, 0.1) is 0 Å². The van der Waals surface area contributed by atoms with Crippen molar-refractivity contribution in [2.24, 2.45) is 0 Å². The molecule has 1 radical (unpaired) electrons. The standard InChI is InChI=1S/C20H16OP/c21-16-17-22(18-10-4-1-5-11-18,19-12-6-2-7-13-19)20-14-8-3-9-15-20/h1-15,17H. The molecule has 0 heterocycles. The van der Waals surface area contributed by atoms with Crippen LogP contribution in [0.25, 0.3) is 0 Å². The molecule has 3 aromatic rings. The first-order chi connectivity index (χ1) is 10.9. The minimum Gasteiger partial charge on any atom is -0.286 e. The van der Waals surface area contributed by atoms with E-state index >= 15 is 0 Å². The van der Waals surface area contributed by atoms with Gasteiger partial charge in [-0.05, 0) is 28.6 Å². The molecule has 0 spiro atoms. The van der Waals surface area contributed by atoms with Crippen LogP contribution in [-0.4, -0.2) is 12.1 Å². The van der Waals surface area contributed by atoms with Crippen LogP contribution in [0.1, 0.15) is 0 Å². The van der Waals surface area contributed by atoms with Gasteiger partial charge in [0.2, 0.25) is 6.29 Å². The normalized spacial score (nSPS) is 10.9. The molecule has 0 aliphatic heterocycles. The van der Waals surface area contributed by atoms with Gasteiger partial charge < -0.3 is 0 Å². The van der Waals surface area contributed by atoms with Crippen molar-refractivity contribution >= 4 is 34.9 Å². The Hall–Kier alpha value is -2.37. The molecule has 0 N–H and O–H groups in total. The second kappa shape index (κ2) is 6.60. The van der Waals surface area contributed by atoms with Gasteiger partial charge in [0.1, 0.15) is 0 Å². The summed E-state index contributed by atoms with van der Waals surface area (Å²) in [5, 5.41) is 3.49. The lowest BCUT2D eigenvalue weighted by molar-refractivity contribution is 0.568. The van der Waals surface area contributed by atoms with Crippen molar-refractivity contribution in [1.29, 1.82) is 0 Å². The van der Waals surface area contributed by atoms with Crippen molar-refractivity contribution in [1.82, 2.24) is 0 Å². The maximum absolute atomic E-state index is 11.4. The molecular formula is C20H16OP. The molecule has 0 saturated carbocycles. The van der Waals surface area contributed by atoms with Gasteiger partial charge >= 0.3 is 0 Å². The van der Waals surface area contributed by atoms with E-state index in [2.05, 4.69) is 42.7 Å². The predicted molar refractivity (Wildman–Crippen MR) is 96.9 cm³/mol. The fourth-order valence-electron chi connectivity index (χ4n) is 2.74. The van der Waals surface area contributed by atoms with E-state index in [-0.39, 0.29) is 0 Å². The fourth-order valence-corrected chi connectivity index (χ4v) is 6.17. The van der Waals surface area contributed by atoms with Crippen LogP contribution < -0.4 is 15.9 Å². The topological polar surface area (TPSA) is 17.1 Å². The number of benzene rings is 3. The maximum Gasteiger partial charge on any atom is 0.226 e. The summed E-state index contributed by atoms with van der Waals surface area (Å²) in [5.74, 6) is 1.73. The Morgan fingerprint density at radius 2 is 0.909 bits per heavy atom. The number of rotatable bonds is 4. The molecule has 107 valence electrons. The maximum atomic E-state index is 11.4. The van der Waals surface area contributed by atoms with Crippen molar-refractivity contribution in [2.45, 2.75) is 0 Å². The summed E-state index contributed by atoms with van der Waals surface area (Å²) in [7, 11) is 0. The molecule has 0 aromatic heterocycles. The zero-order chi connectivity index (χ0) is 15.3. The smallest absolute Gasteiger partial charge is 0.226 e. The van der Waals surface area contributed by atoms with Crippen LogP contribution >= 0.6 is 6.89 Å². The van der Waals surface area contributed by atoms with Gasteiger partial charge in [0.05, 0.1) is 0 Å². The molecule has 0 atom stereocenters. The lowest BCUT2D eigenvalue weighted by Gasteiger charge is -2.27. The Bertz CT molecular complexity index is 689. The quantitative estimate of drug-likeness (QED) is 0.677. The Balaban J connectivity index is 2.40. The minimum absolute atomic E-state index is 1.16. The summed E-state index contributed by atoms with van der Waals surface area (Å²) in [6.45, 7) is -2.10. The van der Waals surface area contributed by atoms with Crippen LogP contribution in [-0.2, 0) is 4.79 Å². The Kier molecular flexibility index (Phi) is 4.37. The van der Waals surface area contributed by atoms with Gasteiger partial charge in [-0.3, -0.25) is 4.79 Å². The summed E-state index contributed by atoms with van der Waals surface area (Å²) < 4.78 is 0. The van der Waals surface area contributed by atoms with E-state index in [4.69, 9.17) is 0 Å². The van der Waals surface area contributed by atoms with Gasteiger partial charge in [-0.2, -0.15) is 0 Å². The molecule has 1 nitrogen and oxygen atoms in total. The highest BCUT2D eigenvalue weighted by Crippen LogP contribution is 2.42. The van der Waals surface area contributed by atoms with Crippen molar-refractivity contribution in [3.8, 4) is 0 Å². The van der Waals surface area contributed by atoms with Gasteiger partial charge in [0, 0.05) is 0 Å². The molecule has 0 aliphatic carbocycles. The second-order valence-electron chi connectivity index (χ2n) is 4.98. The number of carbonyl (C=O) groups excluding carboxylic acids is 1. The van der Waals surface area contributed by atoms with Crippen molar-refractivity contribution in [3.63, 3.8) is 0 Å². The number of hydrogen-bond acceptors (Lipinski definition) is 1. The van der Waals surface area contributed by atoms with E-state index in [9.17, 15) is 4.79 Å². The fraction of sp³-hybridized carbons (Fsp3) is 0. The summed E-state index contributed by atoms with van der Waals surface area (Å²) in [5.41, 5.74) is 0. The van der Waals surface area contributed by atoms with E-state index in [1.165, 1.54) is 0 Å². The third-order valence-electron chi connectivity index (χ3n) is 3.74. The molecule has 0 aliphatic rings. The van der Waals surface area contributed by atoms with Crippen LogP contribution in [0.15, 0.2) is 91.0 Å². The van der Waals surface area contributed by atoms with Crippen molar-refractivity contribution in [2.75, 3.05) is 0 Å². The van der Waals surface area contributed by atoms with Gasteiger partial charge in [-0.1, -0.05) is 91.0 Å². The SMILES string of the molecule is O=[C]C=P(c1ccccc1)(c1ccccc1)c1ccccc1. The lowest BCUT2D eigenvalue weighted by atomic mass is 10.4. The van der Waals surface area contributed by atoms with E-state index < -0.39 is 6.89 Å². The molecule has 0 saturated heterocycles. The predicted octanol–water partition coefficient (Wildman–Crippen LogP) is 2.89. The zero-order valence-corrected chi connectivity index (χ0v) is 13.0. The molecule has 2 heteroatoms. The highest BCUT2D eigenvalue weighted by Gasteiger charge is 2.24. The molecule has 22 heavy (non-hydrogen) atoms. The van der Waals surface area contributed by atoms with Gasteiger partial charge in [0.15, 0.2) is 0 Å². The molecule has 0 amide bonds. The lowest BCUT2D eigenvalue weighted by Crippen LogP contribution is -2.27. The monoisotopic (exact) mass is 303 g/mol. The Morgan fingerprint density at radius 3 is 1.18 bits per heavy atom. The molecule has 0 bridgehead atoms. The summed E-state index contributed by atoms with van der Waals surface area (Å²) in [6.07, 6.45) is 2.08. The van der Waals surface area contributed by atoms with E-state index in [0.29, 0.717) is 0 Å². The van der Waals surface area contributed by atoms with Crippen molar-refractivity contribution in [3.05, 3.63) is 91.0 Å². The molecular weight excluding hydrogens is 287 g/mol. The second-order valence-corrected chi connectivity index (χ2v) is 8.23. The summed E-state index contributed by atoms with van der Waals surface area (Å²) in [4.78, 5) is 11.4. The summed E-state index contributed by atoms with van der Waals surface area (Å²) in [6, 6.07) is 30.7. The molecule has 0 unspecified atom stereocenters. The molecule has 0 fully saturated rings. The van der Waals surface area contributed by atoms with Crippen molar-refractivity contribution < 1.29 is 4.79 Å². The Labute approximate surface area is 131 Å². The Morgan fingerprint density at radius 1 is 0.591 bits per heavy atom. The average Bonchev–Trinajstić information content (AvgIpc) is 2.62. The first-order valence-corrected chi connectivity index (χ1v) is 9.01. The van der Waals surface area contributed by atoms with Gasteiger partial charge in [-0.25, -0.2) is 0 Å². The highest BCUT2D eigenvalue weighted by atomic mass is 31.2. The van der Waals surface area contributed by atoms with E-state index in [0.717, 1.165) is 15.9 Å². The zero-order valence-electron chi connectivity index (χ0n) is 12.1.